The zero-order valence-electron chi connectivity index (χ0n) is 13.0. The lowest BCUT2D eigenvalue weighted by atomic mass is 10.1. The molecule has 0 aliphatic carbocycles. The monoisotopic (exact) mass is 302 g/mol. The highest BCUT2D eigenvalue weighted by Crippen LogP contribution is 2.41. The maximum atomic E-state index is 11.4. The van der Waals surface area contributed by atoms with Gasteiger partial charge in [0.1, 0.15) is 12.2 Å². The first kappa shape index (κ1) is 15.2. The van der Waals surface area contributed by atoms with Crippen molar-refractivity contribution in [1.82, 2.24) is 0 Å². The number of rotatable bonds is 2. The van der Waals surface area contributed by atoms with Crippen LogP contribution < -0.4 is 0 Å². The molecule has 0 amide bonds. The van der Waals surface area contributed by atoms with E-state index in [1.165, 1.54) is 6.92 Å². The average Bonchev–Trinajstić information content (AvgIpc) is 2.90. The van der Waals surface area contributed by atoms with Gasteiger partial charge in [0.05, 0.1) is 6.61 Å². The Morgan fingerprint density at radius 1 is 1.05 bits per heavy atom. The van der Waals surface area contributed by atoms with E-state index < -0.39 is 36.2 Å². The summed E-state index contributed by atoms with van der Waals surface area (Å²) in [6.45, 7) is 9.00. The highest BCUT2D eigenvalue weighted by molar-refractivity contribution is 5.66. The largest absolute Gasteiger partial charge is 0.457 e. The lowest BCUT2D eigenvalue weighted by Gasteiger charge is -2.28. The summed E-state index contributed by atoms with van der Waals surface area (Å²) in [4.78, 5) is 11.4. The van der Waals surface area contributed by atoms with E-state index in [0.717, 1.165) is 0 Å². The topological polar surface area (TPSA) is 72.5 Å². The summed E-state index contributed by atoms with van der Waals surface area (Å²) in [5.41, 5.74) is 0. The smallest absolute Gasteiger partial charge is 0.303 e. The molecule has 0 aromatic carbocycles. The van der Waals surface area contributed by atoms with Crippen molar-refractivity contribution in [1.29, 1.82) is 0 Å². The minimum atomic E-state index is -0.759. The quantitative estimate of drug-likeness (QED) is 0.703. The van der Waals surface area contributed by atoms with Gasteiger partial charge in [-0.05, 0) is 27.7 Å². The van der Waals surface area contributed by atoms with Gasteiger partial charge in [-0.2, -0.15) is 0 Å². The van der Waals surface area contributed by atoms with Crippen LogP contribution in [0.15, 0.2) is 0 Å². The Hall–Kier alpha value is -0.730. The molecule has 3 aliphatic heterocycles. The summed E-state index contributed by atoms with van der Waals surface area (Å²) in [5.74, 6) is -1.82. The van der Waals surface area contributed by atoms with Crippen LogP contribution in [0.25, 0.3) is 0 Å². The second-order valence-electron chi connectivity index (χ2n) is 6.51. The summed E-state index contributed by atoms with van der Waals surface area (Å²) < 4.78 is 34.2. The number of carbonyl (C=O) groups is 1. The predicted octanol–water partition coefficient (Wildman–Crippen LogP) is 0.946. The lowest BCUT2D eigenvalue weighted by Crippen LogP contribution is -2.44. The molecule has 3 rings (SSSR count). The van der Waals surface area contributed by atoms with Crippen molar-refractivity contribution in [3.8, 4) is 0 Å². The summed E-state index contributed by atoms with van der Waals surface area (Å²) in [7, 11) is 0. The van der Waals surface area contributed by atoms with Gasteiger partial charge in [0.15, 0.2) is 30.1 Å². The van der Waals surface area contributed by atoms with Crippen molar-refractivity contribution in [2.75, 3.05) is 6.61 Å². The Bertz CT molecular complexity index is 433. The predicted molar refractivity (Wildman–Crippen MR) is 69.2 cm³/mol. The summed E-state index contributed by atoms with van der Waals surface area (Å²) in [6, 6.07) is 0. The van der Waals surface area contributed by atoms with Gasteiger partial charge in [-0.25, -0.2) is 0 Å². The van der Waals surface area contributed by atoms with E-state index in [1.54, 1.807) is 13.8 Å². The second-order valence-corrected chi connectivity index (χ2v) is 6.51. The fourth-order valence-corrected chi connectivity index (χ4v) is 3.01. The van der Waals surface area contributed by atoms with Crippen molar-refractivity contribution in [3.05, 3.63) is 0 Å². The van der Waals surface area contributed by atoms with E-state index in [-0.39, 0.29) is 12.1 Å². The molecule has 3 aliphatic rings. The van der Waals surface area contributed by atoms with Gasteiger partial charge in [-0.1, -0.05) is 0 Å². The molecular formula is C14H22O7. The molecule has 21 heavy (non-hydrogen) atoms. The minimum absolute atomic E-state index is 0.328. The molecule has 3 heterocycles. The number of ether oxygens (including phenoxy) is 6. The third kappa shape index (κ3) is 2.93. The van der Waals surface area contributed by atoms with Crippen LogP contribution >= 0.6 is 0 Å². The molecule has 0 spiro atoms. The van der Waals surface area contributed by atoms with E-state index >= 15 is 0 Å². The van der Waals surface area contributed by atoms with E-state index in [9.17, 15) is 4.79 Å². The second kappa shape index (κ2) is 4.89. The van der Waals surface area contributed by atoms with E-state index in [1.807, 2.05) is 13.8 Å². The number of hydrogen-bond donors (Lipinski definition) is 0. The van der Waals surface area contributed by atoms with Crippen LogP contribution in [0.1, 0.15) is 34.6 Å². The van der Waals surface area contributed by atoms with Crippen LogP contribution in [0.4, 0.5) is 0 Å². The molecular weight excluding hydrogens is 280 g/mol. The van der Waals surface area contributed by atoms with E-state index in [4.69, 9.17) is 28.4 Å². The van der Waals surface area contributed by atoms with Gasteiger partial charge >= 0.3 is 5.97 Å². The number of fused-ring (bicyclic) bond motifs is 1. The molecule has 0 N–H and O–H groups in total. The van der Waals surface area contributed by atoms with Gasteiger partial charge in [0.2, 0.25) is 0 Å². The van der Waals surface area contributed by atoms with Crippen molar-refractivity contribution < 1.29 is 33.2 Å². The molecule has 7 nitrogen and oxygen atoms in total. The van der Waals surface area contributed by atoms with Gasteiger partial charge in [-0.15, -0.1) is 0 Å². The first-order valence-corrected chi connectivity index (χ1v) is 7.17. The van der Waals surface area contributed by atoms with Gasteiger partial charge in [0.25, 0.3) is 0 Å². The zero-order valence-corrected chi connectivity index (χ0v) is 13.0. The molecule has 0 saturated carbocycles. The summed E-state index contributed by atoms with van der Waals surface area (Å²) >= 11 is 0. The zero-order chi connectivity index (χ0) is 15.4. The van der Waals surface area contributed by atoms with Crippen LogP contribution in [0.3, 0.4) is 0 Å². The maximum Gasteiger partial charge on any atom is 0.303 e. The third-order valence-corrected chi connectivity index (χ3v) is 3.73. The Labute approximate surface area is 123 Å². The molecule has 7 heteroatoms. The van der Waals surface area contributed by atoms with Crippen LogP contribution in [-0.2, 0) is 33.2 Å². The van der Waals surface area contributed by atoms with Crippen molar-refractivity contribution in [2.45, 2.75) is 76.9 Å². The number of esters is 1. The molecule has 0 unspecified atom stereocenters. The Morgan fingerprint density at radius 2 is 1.76 bits per heavy atom. The first-order valence-electron chi connectivity index (χ1n) is 7.17. The minimum Gasteiger partial charge on any atom is -0.457 e. The van der Waals surface area contributed by atoms with E-state index in [2.05, 4.69) is 0 Å². The molecule has 0 bridgehead atoms. The summed E-state index contributed by atoms with van der Waals surface area (Å²) in [5, 5.41) is 0. The first-order chi connectivity index (χ1) is 9.67. The Kier molecular flexibility index (Phi) is 3.53. The standard InChI is InChI=1S/C14H22O7/c1-7(15)17-10-9(8-6-16-13(2,3)19-8)18-12-11(10)20-14(4,5)21-12/h8-12H,6H2,1-5H3/t8-,9+,10+,11-,12-/m1/s1. The SMILES string of the molecule is CC(=O)O[C@H]1[C@H]([C@H]2COC(C)(C)O2)O[C@@H]2OC(C)(C)O[C@@H]21. The molecule has 0 aromatic rings. The molecule has 0 aromatic heterocycles. The normalized spacial score (nSPS) is 43.8. The van der Waals surface area contributed by atoms with Crippen LogP contribution in [0, 0.1) is 0 Å². The van der Waals surface area contributed by atoms with Crippen molar-refractivity contribution in [3.63, 3.8) is 0 Å². The number of hydrogen-bond acceptors (Lipinski definition) is 7. The molecule has 5 atom stereocenters. The summed E-state index contributed by atoms with van der Waals surface area (Å²) in [6.07, 6.45) is -2.40. The van der Waals surface area contributed by atoms with Crippen molar-refractivity contribution in [2.24, 2.45) is 0 Å². The van der Waals surface area contributed by atoms with E-state index in [0.29, 0.717) is 6.61 Å². The Balaban J connectivity index is 1.77. The van der Waals surface area contributed by atoms with Crippen LogP contribution in [-0.4, -0.2) is 54.9 Å². The fourth-order valence-electron chi connectivity index (χ4n) is 3.01. The van der Waals surface area contributed by atoms with Gasteiger partial charge < -0.3 is 28.4 Å². The molecule has 3 saturated heterocycles. The molecule has 120 valence electrons. The Morgan fingerprint density at radius 3 is 2.33 bits per heavy atom. The highest BCUT2D eigenvalue weighted by Gasteiger charge is 2.59. The maximum absolute atomic E-state index is 11.4. The van der Waals surface area contributed by atoms with Crippen LogP contribution in [0.2, 0.25) is 0 Å². The lowest BCUT2D eigenvalue weighted by molar-refractivity contribution is -0.235. The van der Waals surface area contributed by atoms with Crippen molar-refractivity contribution >= 4 is 5.97 Å². The van der Waals surface area contributed by atoms with Gasteiger partial charge in [-0.3, -0.25) is 4.79 Å². The van der Waals surface area contributed by atoms with Crippen LogP contribution in [0.5, 0.6) is 0 Å². The fraction of sp³-hybridized carbons (Fsp3) is 0.929. The third-order valence-electron chi connectivity index (χ3n) is 3.73. The number of carbonyl (C=O) groups excluding carboxylic acids is 1. The molecule has 3 fully saturated rings. The van der Waals surface area contributed by atoms with Gasteiger partial charge in [0, 0.05) is 6.92 Å². The highest BCUT2D eigenvalue weighted by atomic mass is 16.8. The molecule has 0 radical (unpaired) electrons. The average molecular weight is 302 g/mol.